The fourth-order valence-corrected chi connectivity index (χ4v) is 3.08. The first kappa shape index (κ1) is 16.6. The Kier molecular flexibility index (Phi) is 6.81. The molecule has 1 aliphatic rings. The van der Waals surface area contributed by atoms with Gasteiger partial charge in [0.25, 0.3) is 5.91 Å². The first-order valence-electron chi connectivity index (χ1n) is 7.63. The highest BCUT2D eigenvalue weighted by atomic mass is 35.5. The van der Waals surface area contributed by atoms with Crippen molar-refractivity contribution >= 4 is 29.1 Å². The van der Waals surface area contributed by atoms with E-state index in [1.165, 1.54) is 38.5 Å². The summed E-state index contributed by atoms with van der Waals surface area (Å²) in [6.07, 6.45) is 7.80. The van der Waals surface area contributed by atoms with Gasteiger partial charge in [0.15, 0.2) is 0 Å². The molecular formula is C16H22Cl2N2O. The summed E-state index contributed by atoms with van der Waals surface area (Å²) in [6.45, 7) is 1.38. The molecule has 0 spiro atoms. The van der Waals surface area contributed by atoms with Crippen LogP contribution in [0.3, 0.4) is 0 Å². The second-order valence-electron chi connectivity index (χ2n) is 5.52. The number of nitrogens with one attached hydrogen (secondary N) is 2. The van der Waals surface area contributed by atoms with Gasteiger partial charge in [0, 0.05) is 24.2 Å². The van der Waals surface area contributed by atoms with Gasteiger partial charge in [-0.2, -0.15) is 0 Å². The van der Waals surface area contributed by atoms with Crippen molar-refractivity contribution in [2.75, 3.05) is 13.1 Å². The molecule has 1 fully saturated rings. The predicted octanol–water partition coefficient (Wildman–Crippen LogP) is 4.04. The van der Waals surface area contributed by atoms with Crippen LogP contribution >= 0.6 is 23.2 Å². The van der Waals surface area contributed by atoms with E-state index >= 15 is 0 Å². The Morgan fingerprint density at radius 3 is 2.52 bits per heavy atom. The van der Waals surface area contributed by atoms with Crippen LogP contribution in [0, 0.1) is 0 Å². The molecule has 0 radical (unpaired) electrons. The fraction of sp³-hybridized carbons (Fsp3) is 0.562. The van der Waals surface area contributed by atoms with Crippen LogP contribution in [0.1, 0.15) is 48.9 Å². The third-order valence-electron chi connectivity index (χ3n) is 3.87. The molecule has 0 aliphatic heterocycles. The largest absolute Gasteiger partial charge is 0.351 e. The van der Waals surface area contributed by atoms with Gasteiger partial charge in [0.05, 0.1) is 10.6 Å². The summed E-state index contributed by atoms with van der Waals surface area (Å²) < 4.78 is 0. The molecule has 2 rings (SSSR count). The molecule has 0 unspecified atom stereocenters. The molecular weight excluding hydrogens is 307 g/mol. The van der Waals surface area contributed by atoms with Gasteiger partial charge in [-0.15, -0.1) is 0 Å². The van der Waals surface area contributed by atoms with Gasteiger partial charge in [-0.25, -0.2) is 0 Å². The Hall–Kier alpha value is -0.770. The van der Waals surface area contributed by atoms with E-state index < -0.39 is 0 Å². The van der Waals surface area contributed by atoms with Crippen molar-refractivity contribution in [3.63, 3.8) is 0 Å². The van der Waals surface area contributed by atoms with Crippen molar-refractivity contribution in [3.05, 3.63) is 33.8 Å². The van der Waals surface area contributed by atoms with Crippen molar-refractivity contribution in [2.24, 2.45) is 0 Å². The molecule has 5 heteroatoms. The SMILES string of the molecule is O=C(NCCNC1CCCCCC1)c1cc(Cl)ccc1Cl. The van der Waals surface area contributed by atoms with Gasteiger partial charge in [-0.3, -0.25) is 4.79 Å². The van der Waals surface area contributed by atoms with Gasteiger partial charge >= 0.3 is 0 Å². The summed E-state index contributed by atoms with van der Waals surface area (Å²) in [5.41, 5.74) is 0.429. The molecule has 2 N–H and O–H groups in total. The Balaban J connectivity index is 1.72. The van der Waals surface area contributed by atoms with Gasteiger partial charge in [-0.05, 0) is 31.0 Å². The Morgan fingerprint density at radius 1 is 1.10 bits per heavy atom. The first-order valence-corrected chi connectivity index (χ1v) is 8.39. The minimum atomic E-state index is -0.176. The van der Waals surface area contributed by atoms with Crippen LogP contribution < -0.4 is 10.6 Å². The van der Waals surface area contributed by atoms with Crippen LogP contribution in [0.4, 0.5) is 0 Å². The summed E-state index contributed by atoms with van der Waals surface area (Å²) in [5.74, 6) is -0.176. The maximum Gasteiger partial charge on any atom is 0.252 e. The van der Waals surface area contributed by atoms with E-state index in [4.69, 9.17) is 23.2 Å². The maximum absolute atomic E-state index is 12.0. The van der Waals surface area contributed by atoms with Crippen LogP contribution in [0.15, 0.2) is 18.2 Å². The van der Waals surface area contributed by atoms with E-state index in [1.807, 2.05) is 0 Å². The number of amides is 1. The lowest BCUT2D eigenvalue weighted by Gasteiger charge is -2.16. The average molecular weight is 329 g/mol. The van der Waals surface area contributed by atoms with Crippen LogP contribution in [0.5, 0.6) is 0 Å². The van der Waals surface area contributed by atoms with Crippen LogP contribution in [0.25, 0.3) is 0 Å². The second kappa shape index (κ2) is 8.62. The topological polar surface area (TPSA) is 41.1 Å². The minimum Gasteiger partial charge on any atom is -0.351 e. The van der Waals surface area contributed by atoms with Gasteiger partial charge in [0.1, 0.15) is 0 Å². The monoisotopic (exact) mass is 328 g/mol. The lowest BCUT2D eigenvalue weighted by atomic mass is 10.1. The van der Waals surface area contributed by atoms with E-state index in [1.54, 1.807) is 18.2 Å². The molecule has 1 aromatic rings. The number of hydrogen-bond acceptors (Lipinski definition) is 2. The van der Waals surface area contributed by atoms with Gasteiger partial charge in [-0.1, -0.05) is 48.9 Å². The summed E-state index contributed by atoms with van der Waals surface area (Å²) in [6, 6.07) is 5.51. The number of carbonyl (C=O) groups is 1. The van der Waals surface area contributed by atoms with Crippen molar-refractivity contribution < 1.29 is 4.79 Å². The third-order valence-corrected chi connectivity index (χ3v) is 4.44. The summed E-state index contributed by atoms with van der Waals surface area (Å²) in [7, 11) is 0. The van der Waals surface area contributed by atoms with Crippen LogP contribution in [0.2, 0.25) is 10.0 Å². The van der Waals surface area contributed by atoms with E-state index in [0.717, 1.165) is 6.54 Å². The van der Waals surface area contributed by atoms with Crippen molar-refractivity contribution in [3.8, 4) is 0 Å². The lowest BCUT2D eigenvalue weighted by molar-refractivity contribution is 0.0953. The zero-order valence-electron chi connectivity index (χ0n) is 12.1. The summed E-state index contributed by atoms with van der Waals surface area (Å²) >= 11 is 11.9. The fourth-order valence-electron chi connectivity index (χ4n) is 2.70. The third kappa shape index (κ3) is 5.50. The Morgan fingerprint density at radius 2 is 1.81 bits per heavy atom. The second-order valence-corrected chi connectivity index (χ2v) is 6.37. The number of benzene rings is 1. The van der Waals surface area contributed by atoms with Crippen molar-refractivity contribution in [1.82, 2.24) is 10.6 Å². The molecule has 0 atom stereocenters. The average Bonchev–Trinajstić information content (AvgIpc) is 2.74. The molecule has 0 aromatic heterocycles. The molecule has 21 heavy (non-hydrogen) atoms. The highest BCUT2D eigenvalue weighted by Crippen LogP contribution is 2.20. The zero-order valence-corrected chi connectivity index (χ0v) is 13.6. The van der Waals surface area contributed by atoms with E-state index in [2.05, 4.69) is 10.6 Å². The minimum absolute atomic E-state index is 0.176. The highest BCUT2D eigenvalue weighted by molar-refractivity contribution is 6.35. The molecule has 0 heterocycles. The molecule has 1 saturated carbocycles. The smallest absolute Gasteiger partial charge is 0.252 e. The molecule has 1 amide bonds. The Labute approximate surface area is 136 Å². The van der Waals surface area contributed by atoms with E-state index in [0.29, 0.717) is 28.2 Å². The summed E-state index contributed by atoms with van der Waals surface area (Å²) in [5, 5.41) is 7.34. The highest BCUT2D eigenvalue weighted by Gasteiger charge is 2.12. The summed E-state index contributed by atoms with van der Waals surface area (Å²) in [4.78, 5) is 12.0. The van der Waals surface area contributed by atoms with Gasteiger partial charge in [0.2, 0.25) is 0 Å². The Bertz CT molecular complexity index is 471. The molecule has 1 aliphatic carbocycles. The molecule has 0 saturated heterocycles. The van der Waals surface area contributed by atoms with E-state index in [9.17, 15) is 4.79 Å². The number of carbonyl (C=O) groups excluding carboxylic acids is 1. The normalized spacial score (nSPS) is 16.5. The van der Waals surface area contributed by atoms with Crippen LogP contribution in [-0.2, 0) is 0 Å². The number of rotatable bonds is 5. The molecule has 1 aromatic carbocycles. The zero-order chi connectivity index (χ0) is 15.1. The van der Waals surface area contributed by atoms with Crippen molar-refractivity contribution in [2.45, 2.75) is 44.6 Å². The maximum atomic E-state index is 12.0. The quantitative estimate of drug-likeness (QED) is 0.632. The molecule has 3 nitrogen and oxygen atoms in total. The van der Waals surface area contributed by atoms with E-state index in [-0.39, 0.29) is 5.91 Å². The molecule has 116 valence electrons. The number of hydrogen-bond donors (Lipinski definition) is 2. The van der Waals surface area contributed by atoms with Crippen molar-refractivity contribution in [1.29, 1.82) is 0 Å². The van der Waals surface area contributed by atoms with Gasteiger partial charge < -0.3 is 10.6 Å². The standard InChI is InChI=1S/C16H22Cl2N2O/c17-12-7-8-15(18)14(11-12)16(21)20-10-9-19-13-5-3-1-2-4-6-13/h7-8,11,13,19H,1-6,9-10H2,(H,20,21). The first-order chi connectivity index (χ1) is 10.2. The van der Waals surface area contributed by atoms with Crippen LogP contribution in [-0.4, -0.2) is 25.0 Å². The predicted molar refractivity (Wildman–Crippen MR) is 88.3 cm³/mol. The lowest BCUT2D eigenvalue weighted by Crippen LogP contribution is -2.36. The number of halogens is 2. The molecule has 0 bridgehead atoms.